The molecule has 1 saturated heterocycles. The van der Waals surface area contributed by atoms with Crippen LogP contribution >= 0.6 is 0 Å². The summed E-state index contributed by atoms with van der Waals surface area (Å²) >= 11 is 0. The van der Waals surface area contributed by atoms with Gasteiger partial charge in [0.1, 0.15) is 5.75 Å². The largest absolute Gasteiger partial charge is 0.496 e. The molecule has 0 radical (unpaired) electrons. The highest BCUT2D eigenvalue weighted by Crippen LogP contribution is 2.30. The molecule has 1 aliphatic heterocycles. The summed E-state index contributed by atoms with van der Waals surface area (Å²) in [4.78, 5) is 2.83. The van der Waals surface area contributed by atoms with Crippen molar-refractivity contribution in [3.05, 3.63) is 40.3 Å². The molecule has 0 aromatic heterocycles. The Morgan fingerprint density at radius 2 is 2.15 bits per heavy atom. The molecule has 0 bridgehead atoms. The van der Waals surface area contributed by atoms with Crippen LogP contribution in [0, 0.1) is 0 Å². The van der Waals surface area contributed by atoms with Crippen LogP contribution in [0.2, 0.25) is 0 Å². The van der Waals surface area contributed by atoms with Gasteiger partial charge in [-0.05, 0) is 24.4 Å². The summed E-state index contributed by atoms with van der Waals surface area (Å²) < 4.78 is 16.8. The van der Waals surface area contributed by atoms with Crippen LogP contribution in [0.3, 0.4) is 0 Å². The van der Waals surface area contributed by atoms with Gasteiger partial charge in [-0.25, -0.2) is 0 Å². The predicted molar refractivity (Wildman–Crippen MR) is 74.7 cm³/mol. The van der Waals surface area contributed by atoms with Gasteiger partial charge in [0.25, 0.3) is 0 Å². The fourth-order valence-corrected chi connectivity index (χ4v) is 2.30. The van der Waals surface area contributed by atoms with Crippen molar-refractivity contribution in [3.63, 3.8) is 0 Å². The van der Waals surface area contributed by atoms with E-state index in [2.05, 4.69) is 10.0 Å². The van der Waals surface area contributed by atoms with Crippen molar-refractivity contribution in [2.75, 3.05) is 26.9 Å². The summed E-state index contributed by atoms with van der Waals surface area (Å²) in [6, 6.07) is 7.65. The lowest BCUT2D eigenvalue weighted by atomic mass is 10.1. The third kappa shape index (κ3) is 3.87. The molecule has 108 valence electrons. The van der Waals surface area contributed by atoms with Crippen LogP contribution in [0.5, 0.6) is 5.75 Å². The fourth-order valence-electron chi connectivity index (χ4n) is 2.30. The molecule has 6 heteroatoms. The van der Waals surface area contributed by atoms with E-state index in [9.17, 15) is 0 Å². The zero-order valence-electron chi connectivity index (χ0n) is 11.6. The number of hydrogen-bond donors (Lipinski definition) is 0. The SMILES string of the molecule is COc1ccccc1C(CN=[N+]=[N-])OC1CCOCC1. The molecule has 20 heavy (non-hydrogen) atoms. The van der Waals surface area contributed by atoms with Crippen LogP contribution < -0.4 is 4.74 Å². The Hall–Kier alpha value is -1.75. The minimum Gasteiger partial charge on any atom is -0.496 e. The van der Waals surface area contributed by atoms with Crippen molar-refractivity contribution in [3.8, 4) is 5.75 Å². The molecule has 0 aliphatic carbocycles. The number of methoxy groups -OCH3 is 1. The molecule has 1 heterocycles. The maximum absolute atomic E-state index is 8.55. The first-order valence-electron chi connectivity index (χ1n) is 6.72. The van der Waals surface area contributed by atoms with E-state index in [0.29, 0.717) is 13.2 Å². The average Bonchev–Trinajstić information content (AvgIpc) is 2.52. The molecule has 1 aromatic carbocycles. The molecule has 1 aliphatic rings. The van der Waals surface area contributed by atoms with Gasteiger partial charge in [0.05, 0.1) is 25.9 Å². The Morgan fingerprint density at radius 1 is 1.40 bits per heavy atom. The lowest BCUT2D eigenvalue weighted by Crippen LogP contribution is -2.26. The van der Waals surface area contributed by atoms with Gasteiger partial charge in [-0.3, -0.25) is 0 Å². The zero-order chi connectivity index (χ0) is 14.2. The standard InChI is InChI=1S/C14H19N3O3/c1-18-13-5-3-2-4-12(13)14(10-16-17-15)20-11-6-8-19-9-7-11/h2-5,11,14H,6-10H2,1H3. The summed E-state index contributed by atoms with van der Waals surface area (Å²) in [7, 11) is 1.62. The Labute approximate surface area is 118 Å². The summed E-state index contributed by atoms with van der Waals surface area (Å²) in [6.45, 7) is 1.68. The molecular formula is C14H19N3O3. The Balaban J connectivity index is 2.14. The first kappa shape index (κ1) is 14.7. The Bertz CT molecular complexity index is 468. The van der Waals surface area contributed by atoms with Gasteiger partial charge in [-0.15, -0.1) is 0 Å². The first-order chi connectivity index (χ1) is 9.85. The van der Waals surface area contributed by atoms with Crippen LogP contribution in [0.4, 0.5) is 0 Å². The average molecular weight is 277 g/mol. The molecule has 1 aromatic rings. The topological polar surface area (TPSA) is 76.5 Å². The van der Waals surface area contributed by atoms with Gasteiger partial charge < -0.3 is 14.2 Å². The highest BCUT2D eigenvalue weighted by atomic mass is 16.5. The normalized spacial score (nSPS) is 17.2. The number of para-hydroxylation sites is 1. The third-order valence-corrected chi connectivity index (χ3v) is 3.32. The number of azide groups is 1. The highest BCUT2D eigenvalue weighted by molar-refractivity contribution is 5.35. The van der Waals surface area contributed by atoms with E-state index in [-0.39, 0.29) is 18.8 Å². The molecule has 1 unspecified atom stereocenters. The van der Waals surface area contributed by atoms with E-state index >= 15 is 0 Å². The molecular weight excluding hydrogens is 258 g/mol. The zero-order valence-corrected chi connectivity index (χ0v) is 11.6. The molecule has 6 nitrogen and oxygen atoms in total. The Kier molecular flexibility index (Phi) is 5.68. The van der Waals surface area contributed by atoms with Crippen LogP contribution in [0.15, 0.2) is 29.4 Å². The van der Waals surface area contributed by atoms with Crippen molar-refractivity contribution in [1.82, 2.24) is 0 Å². The quantitative estimate of drug-likeness (QED) is 0.455. The van der Waals surface area contributed by atoms with Gasteiger partial charge in [0.2, 0.25) is 0 Å². The lowest BCUT2D eigenvalue weighted by Gasteiger charge is -2.28. The number of hydrogen-bond acceptors (Lipinski definition) is 4. The van der Waals surface area contributed by atoms with Gasteiger partial charge in [-0.1, -0.05) is 23.3 Å². The summed E-state index contributed by atoms with van der Waals surface area (Å²) in [5.74, 6) is 0.748. The molecule has 1 fully saturated rings. The smallest absolute Gasteiger partial charge is 0.124 e. The van der Waals surface area contributed by atoms with Gasteiger partial charge >= 0.3 is 0 Å². The second-order valence-corrected chi connectivity index (χ2v) is 4.59. The van der Waals surface area contributed by atoms with E-state index in [0.717, 1.165) is 24.2 Å². The maximum atomic E-state index is 8.55. The van der Waals surface area contributed by atoms with E-state index in [4.69, 9.17) is 19.7 Å². The monoisotopic (exact) mass is 277 g/mol. The van der Waals surface area contributed by atoms with E-state index in [1.165, 1.54) is 0 Å². The molecule has 0 spiro atoms. The van der Waals surface area contributed by atoms with Crippen LogP contribution in [0.1, 0.15) is 24.5 Å². The van der Waals surface area contributed by atoms with Crippen molar-refractivity contribution < 1.29 is 14.2 Å². The van der Waals surface area contributed by atoms with Gasteiger partial charge in [0, 0.05) is 23.7 Å². The molecule has 0 amide bonds. The summed E-state index contributed by atoms with van der Waals surface area (Å²) in [5, 5.41) is 3.66. The highest BCUT2D eigenvalue weighted by Gasteiger charge is 2.22. The molecule has 0 N–H and O–H groups in total. The van der Waals surface area contributed by atoms with Crippen molar-refractivity contribution in [2.45, 2.75) is 25.0 Å². The first-order valence-corrected chi connectivity index (χ1v) is 6.72. The number of ether oxygens (including phenoxy) is 3. The van der Waals surface area contributed by atoms with Gasteiger partial charge in [-0.2, -0.15) is 0 Å². The van der Waals surface area contributed by atoms with Crippen LogP contribution in [-0.4, -0.2) is 33.0 Å². The molecule has 2 rings (SSSR count). The lowest BCUT2D eigenvalue weighted by molar-refractivity contribution is -0.0670. The molecule has 0 saturated carbocycles. The molecule has 1 atom stereocenters. The van der Waals surface area contributed by atoms with E-state index < -0.39 is 0 Å². The minimum atomic E-state index is -0.287. The summed E-state index contributed by atoms with van der Waals surface area (Å²) in [5.41, 5.74) is 9.46. The van der Waals surface area contributed by atoms with E-state index in [1.54, 1.807) is 7.11 Å². The number of nitrogens with zero attached hydrogens (tertiary/aromatic N) is 3. The number of rotatable bonds is 6. The second kappa shape index (κ2) is 7.75. The van der Waals surface area contributed by atoms with Crippen molar-refractivity contribution in [1.29, 1.82) is 0 Å². The van der Waals surface area contributed by atoms with Crippen molar-refractivity contribution in [2.24, 2.45) is 5.11 Å². The fraction of sp³-hybridized carbons (Fsp3) is 0.571. The van der Waals surface area contributed by atoms with Crippen LogP contribution in [-0.2, 0) is 9.47 Å². The van der Waals surface area contributed by atoms with Gasteiger partial charge in [0.15, 0.2) is 0 Å². The minimum absolute atomic E-state index is 0.132. The second-order valence-electron chi connectivity index (χ2n) is 4.59. The van der Waals surface area contributed by atoms with Crippen LogP contribution in [0.25, 0.3) is 10.4 Å². The third-order valence-electron chi connectivity index (χ3n) is 3.32. The Morgan fingerprint density at radius 3 is 2.85 bits per heavy atom. The summed E-state index contributed by atoms with van der Waals surface area (Å²) in [6.07, 6.45) is 1.57. The number of benzene rings is 1. The van der Waals surface area contributed by atoms with Crippen molar-refractivity contribution >= 4 is 0 Å². The predicted octanol–water partition coefficient (Wildman–Crippen LogP) is 3.24. The van der Waals surface area contributed by atoms with E-state index in [1.807, 2.05) is 24.3 Å². The maximum Gasteiger partial charge on any atom is 0.124 e.